The molecule has 0 aliphatic heterocycles. The van der Waals surface area contributed by atoms with E-state index >= 15 is 0 Å². The molecule has 26 heavy (non-hydrogen) atoms. The van der Waals surface area contributed by atoms with Crippen molar-refractivity contribution in [1.29, 1.82) is 0 Å². The molecular formula is C21H21N3O2. The van der Waals surface area contributed by atoms with Gasteiger partial charge in [-0.2, -0.15) is 0 Å². The van der Waals surface area contributed by atoms with Crippen molar-refractivity contribution in [2.75, 3.05) is 23.5 Å². The summed E-state index contributed by atoms with van der Waals surface area (Å²) in [6, 6.07) is 22.4. The molecule has 0 radical (unpaired) electrons. The Bertz CT molecular complexity index is 892. The van der Waals surface area contributed by atoms with Gasteiger partial charge >= 0.3 is 0 Å². The van der Waals surface area contributed by atoms with Gasteiger partial charge in [0.1, 0.15) is 5.75 Å². The van der Waals surface area contributed by atoms with Crippen LogP contribution in [-0.2, 0) is 6.54 Å². The number of nitrogens with two attached hydrogens (primary N) is 1. The predicted molar refractivity (Wildman–Crippen MR) is 106 cm³/mol. The molecule has 3 rings (SSSR count). The molecule has 0 aliphatic carbocycles. The molecule has 0 heterocycles. The van der Waals surface area contributed by atoms with Crippen LogP contribution in [0, 0.1) is 0 Å². The average molecular weight is 347 g/mol. The summed E-state index contributed by atoms with van der Waals surface area (Å²) in [5.74, 6) is 0.623. The molecule has 0 bridgehead atoms. The van der Waals surface area contributed by atoms with Gasteiger partial charge in [0.15, 0.2) is 0 Å². The van der Waals surface area contributed by atoms with Gasteiger partial charge < -0.3 is 21.1 Å². The number of nitrogens with one attached hydrogen (secondary N) is 2. The molecule has 3 aromatic rings. The smallest absolute Gasteiger partial charge is 0.255 e. The van der Waals surface area contributed by atoms with E-state index in [0.29, 0.717) is 23.5 Å². The zero-order valence-electron chi connectivity index (χ0n) is 14.5. The van der Waals surface area contributed by atoms with Gasteiger partial charge in [-0.15, -0.1) is 0 Å². The maximum atomic E-state index is 12.3. The largest absolute Gasteiger partial charge is 0.497 e. The Morgan fingerprint density at radius 1 is 1.00 bits per heavy atom. The number of benzene rings is 3. The van der Waals surface area contributed by atoms with Crippen molar-refractivity contribution in [2.24, 2.45) is 0 Å². The van der Waals surface area contributed by atoms with Crippen molar-refractivity contribution < 1.29 is 9.53 Å². The van der Waals surface area contributed by atoms with Crippen molar-refractivity contribution >= 4 is 23.0 Å². The minimum Gasteiger partial charge on any atom is -0.497 e. The number of carbonyl (C=O) groups excluding carboxylic acids is 1. The van der Waals surface area contributed by atoms with E-state index in [4.69, 9.17) is 10.5 Å². The van der Waals surface area contributed by atoms with E-state index in [1.807, 2.05) is 48.5 Å². The van der Waals surface area contributed by atoms with Crippen LogP contribution in [0.5, 0.6) is 5.75 Å². The van der Waals surface area contributed by atoms with E-state index in [0.717, 1.165) is 17.0 Å². The summed E-state index contributed by atoms with van der Waals surface area (Å²) in [4.78, 5) is 12.3. The Kier molecular flexibility index (Phi) is 5.39. The van der Waals surface area contributed by atoms with Crippen LogP contribution in [0.3, 0.4) is 0 Å². The molecule has 0 unspecified atom stereocenters. The maximum absolute atomic E-state index is 12.3. The number of hydrogen-bond acceptors (Lipinski definition) is 4. The first-order valence-electron chi connectivity index (χ1n) is 8.28. The Balaban J connectivity index is 1.61. The summed E-state index contributed by atoms with van der Waals surface area (Å²) in [7, 11) is 1.64. The normalized spacial score (nSPS) is 10.2. The van der Waals surface area contributed by atoms with Crippen molar-refractivity contribution in [1.82, 2.24) is 0 Å². The second kappa shape index (κ2) is 8.07. The van der Waals surface area contributed by atoms with Crippen molar-refractivity contribution in [3.63, 3.8) is 0 Å². The second-order valence-corrected chi connectivity index (χ2v) is 5.82. The number of nitrogen functional groups attached to an aromatic ring is 1. The van der Waals surface area contributed by atoms with Gasteiger partial charge in [-0.05, 0) is 42.0 Å². The third kappa shape index (κ3) is 4.33. The number of carbonyl (C=O) groups is 1. The van der Waals surface area contributed by atoms with Gasteiger partial charge in [0.05, 0.1) is 18.5 Å². The summed E-state index contributed by atoms with van der Waals surface area (Å²) in [5, 5.41) is 6.16. The van der Waals surface area contributed by atoms with Crippen LogP contribution >= 0.6 is 0 Å². The minimum atomic E-state index is -0.185. The van der Waals surface area contributed by atoms with Crippen LogP contribution in [0.2, 0.25) is 0 Å². The summed E-state index contributed by atoms with van der Waals surface area (Å²) < 4.78 is 5.21. The summed E-state index contributed by atoms with van der Waals surface area (Å²) >= 11 is 0. The van der Waals surface area contributed by atoms with Gasteiger partial charge in [0, 0.05) is 23.9 Å². The lowest BCUT2D eigenvalue weighted by Gasteiger charge is -2.10. The number of methoxy groups -OCH3 is 1. The van der Waals surface area contributed by atoms with Gasteiger partial charge in [-0.3, -0.25) is 4.79 Å². The molecule has 0 atom stereocenters. The summed E-state index contributed by atoms with van der Waals surface area (Å²) in [6.45, 7) is 0.653. The van der Waals surface area contributed by atoms with E-state index in [9.17, 15) is 4.79 Å². The van der Waals surface area contributed by atoms with Crippen LogP contribution in [0.4, 0.5) is 17.1 Å². The first-order valence-corrected chi connectivity index (χ1v) is 8.28. The molecular weight excluding hydrogens is 326 g/mol. The molecule has 0 spiro atoms. The lowest BCUT2D eigenvalue weighted by Crippen LogP contribution is -2.13. The van der Waals surface area contributed by atoms with Gasteiger partial charge in [-0.1, -0.05) is 30.3 Å². The maximum Gasteiger partial charge on any atom is 0.255 e. The van der Waals surface area contributed by atoms with Crippen LogP contribution in [-0.4, -0.2) is 13.0 Å². The van der Waals surface area contributed by atoms with Crippen LogP contribution in [0.25, 0.3) is 0 Å². The molecule has 1 amide bonds. The van der Waals surface area contributed by atoms with Crippen LogP contribution < -0.4 is 21.1 Å². The molecule has 3 aromatic carbocycles. The minimum absolute atomic E-state index is 0.185. The molecule has 0 aliphatic rings. The molecule has 0 saturated carbocycles. The first kappa shape index (κ1) is 17.4. The number of ether oxygens (including phenoxy) is 1. The highest BCUT2D eigenvalue weighted by Crippen LogP contribution is 2.19. The van der Waals surface area contributed by atoms with Gasteiger partial charge in [0.2, 0.25) is 0 Å². The highest BCUT2D eigenvalue weighted by molar-refractivity contribution is 6.05. The Morgan fingerprint density at radius 2 is 1.77 bits per heavy atom. The van der Waals surface area contributed by atoms with Crippen LogP contribution in [0.15, 0.2) is 72.8 Å². The highest BCUT2D eigenvalue weighted by Gasteiger charge is 2.07. The number of rotatable bonds is 6. The third-order valence-corrected chi connectivity index (χ3v) is 3.99. The third-order valence-electron chi connectivity index (χ3n) is 3.99. The van der Waals surface area contributed by atoms with E-state index in [1.165, 1.54) is 0 Å². The monoisotopic (exact) mass is 347 g/mol. The lowest BCUT2D eigenvalue weighted by molar-refractivity contribution is 0.102. The fourth-order valence-corrected chi connectivity index (χ4v) is 2.52. The molecule has 0 saturated heterocycles. The van der Waals surface area contributed by atoms with Crippen molar-refractivity contribution in [2.45, 2.75) is 6.54 Å². The molecule has 0 fully saturated rings. The van der Waals surface area contributed by atoms with E-state index in [1.54, 1.807) is 31.4 Å². The predicted octanol–water partition coefficient (Wildman–Crippen LogP) is 4.14. The van der Waals surface area contributed by atoms with Crippen molar-refractivity contribution in [3.8, 4) is 5.75 Å². The van der Waals surface area contributed by atoms with E-state index in [2.05, 4.69) is 10.6 Å². The number of anilines is 3. The number of amides is 1. The summed E-state index contributed by atoms with van der Waals surface area (Å²) in [6.07, 6.45) is 0. The topological polar surface area (TPSA) is 76.4 Å². The van der Waals surface area contributed by atoms with Crippen molar-refractivity contribution in [3.05, 3.63) is 83.9 Å². The lowest BCUT2D eigenvalue weighted by atomic mass is 10.1. The first-order chi connectivity index (χ1) is 12.7. The Hall–Kier alpha value is -3.47. The van der Waals surface area contributed by atoms with Crippen LogP contribution in [0.1, 0.15) is 15.9 Å². The quantitative estimate of drug-likeness (QED) is 0.586. The zero-order chi connectivity index (χ0) is 18.4. The molecule has 0 aromatic heterocycles. The fraction of sp³-hybridized carbons (Fsp3) is 0.0952. The Morgan fingerprint density at radius 3 is 2.50 bits per heavy atom. The van der Waals surface area contributed by atoms with Gasteiger partial charge in [0.25, 0.3) is 5.91 Å². The average Bonchev–Trinajstić information content (AvgIpc) is 2.68. The molecule has 5 nitrogen and oxygen atoms in total. The standard InChI is InChI=1S/C21H21N3O2/c1-26-18-6-4-5-17(13-18)23-14-15-9-11-16(12-10-15)21(25)24-20-8-3-2-7-19(20)22/h2-13,23H,14,22H2,1H3,(H,24,25). The highest BCUT2D eigenvalue weighted by atomic mass is 16.5. The number of hydrogen-bond donors (Lipinski definition) is 3. The second-order valence-electron chi connectivity index (χ2n) is 5.82. The molecule has 4 N–H and O–H groups in total. The Labute approximate surface area is 152 Å². The zero-order valence-corrected chi connectivity index (χ0v) is 14.5. The SMILES string of the molecule is COc1cccc(NCc2ccc(C(=O)Nc3ccccc3N)cc2)c1. The molecule has 5 heteroatoms. The van der Waals surface area contributed by atoms with E-state index < -0.39 is 0 Å². The number of para-hydroxylation sites is 2. The summed E-state index contributed by atoms with van der Waals surface area (Å²) in [5.41, 5.74) is 9.64. The van der Waals surface area contributed by atoms with Gasteiger partial charge in [-0.25, -0.2) is 0 Å². The molecule has 132 valence electrons. The fourth-order valence-electron chi connectivity index (χ4n) is 2.52. The van der Waals surface area contributed by atoms with E-state index in [-0.39, 0.29) is 5.91 Å².